The van der Waals surface area contributed by atoms with E-state index in [0.29, 0.717) is 21.4 Å². The maximum atomic E-state index is 15.3. The average Bonchev–Trinajstić information content (AvgIpc) is 3.86. The van der Waals surface area contributed by atoms with Crippen LogP contribution in [0.1, 0.15) is 103 Å². The van der Waals surface area contributed by atoms with E-state index in [2.05, 4.69) is 102 Å². The van der Waals surface area contributed by atoms with Gasteiger partial charge in [-0.1, -0.05) is 90.0 Å². The van der Waals surface area contributed by atoms with Crippen LogP contribution < -0.4 is 4.74 Å². The molecular formula is C43H56BrF2N3O4S2. The Bertz CT molecular complexity index is 1950. The number of hydrogen-bond acceptors (Lipinski definition) is 8. The first kappa shape index (κ1) is 46.1. The van der Waals surface area contributed by atoms with E-state index in [0.717, 1.165) is 59.6 Å². The fourth-order valence-electron chi connectivity index (χ4n) is 5.83. The second-order valence-corrected chi connectivity index (χ2v) is 17.2. The number of halogens is 3. The number of H-pyrrole nitrogens is 1. The summed E-state index contributed by atoms with van der Waals surface area (Å²) in [4.78, 5) is 13.2. The number of aryl methyl sites for hydroxylation is 1. The van der Waals surface area contributed by atoms with Crippen LogP contribution in [-0.2, 0) is 21.4 Å². The van der Waals surface area contributed by atoms with Crippen LogP contribution >= 0.6 is 39.0 Å². The van der Waals surface area contributed by atoms with E-state index >= 15 is 4.39 Å². The van der Waals surface area contributed by atoms with Crippen LogP contribution in [0.5, 0.6) is 11.5 Å². The van der Waals surface area contributed by atoms with E-state index in [1.807, 2.05) is 13.0 Å². The zero-order chi connectivity index (χ0) is 40.6. The minimum Gasteiger partial charge on any atom is -0.469 e. The smallest absolute Gasteiger partial charge is 0.305 e. The number of aromatic amines is 1. The summed E-state index contributed by atoms with van der Waals surface area (Å²) in [6, 6.07) is 16.2. The van der Waals surface area contributed by atoms with Crippen LogP contribution in [-0.4, -0.2) is 51.5 Å². The third-order valence-corrected chi connectivity index (χ3v) is 12.4. The van der Waals surface area contributed by atoms with E-state index in [-0.39, 0.29) is 35.1 Å². The van der Waals surface area contributed by atoms with Gasteiger partial charge in [-0.25, -0.2) is 8.78 Å². The third-order valence-electron chi connectivity index (χ3n) is 8.90. The Hall–Kier alpha value is -3.32. The van der Waals surface area contributed by atoms with Gasteiger partial charge in [0.25, 0.3) is 0 Å². The highest BCUT2D eigenvalue weighted by Crippen LogP contribution is 2.44. The summed E-state index contributed by atoms with van der Waals surface area (Å²) in [6.45, 7) is 15.3. The Labute approximate surface area is 342 Å². The van der Waals surface area contributed by atoms with E-state index in [1.54, 1.807) is 24.0 Å². The van der Waals surface area contributed by atoms with Crippen molar-refractivity contribution < 1.29 is 28.2 Å². The highest BCUT2D eigenvalue weighted by molar-refractivity contribution is 9.10. The molecule has 0 fully saturated rings. The molecule has 0 aliphatic heterocycles. The summed E-state index contributed by atoms with van der Waals surface area (Å²) >= 11 is 6.62. The molecule has 0 radical (unpaired) electrons. The number of nitrogens with zero attached hydrogens (tertiary/aromatic N) is 2. The second-order valence-electron chi connectivity index (χ2n) is 14.3. The molecule has 5 rings (SSSR count). The van der Waals surface area contributed by atoms with Crippen molar-refractivity contribution in [3.05, 3.63) is 93.0 Å². The first-order valence-electron chi connectivity index (χ1n) is 18.9. The van der Waals surface area contributed by atoms with E-state index in [9.17, 15) is 14.3 Å². The molecule has 0 saturated carbocycles. The van der Waals surface area contributed by atoms with Gasteiger partial charge >= 0.3 is 5.97 Å². The largest absolute Gasteiger partial charge is 0.469 e. The average molecular weight is 861 g/mol. The summed E-state index contributed by atoms with van der Waals surface area (Å²) in [5.41, 5.74) is 3.00. The van der Waals surface area contributed by atoms with Gasteiger partial charge in [0.2, 0.25) is 0 Å². The molecule has 0 bridgehead atoms. The molecule has 2 N–H and O–H groups in total. The molecule has 0 aliphatic carbocycles. The molecule has 55 heavy (non-hydrogen) atoms. The van der Waals surface area contributed by atoms with Crippen molar-refractivity contribution >= 4 is 55.9 Å². The topological polar surface area (TPSA) is 97.3 Å². The number of esters is 1. The summed E-state index contributed by atoms with van der Waals surface area (Å²) in [6.07, 6.45) is 8.15. The Balaban J connectivity index is 0.000000722. The van der Waals surface area contributed by atoms with Crippen LogP contribution in [0, 0.1) is 17.0 Å². The molecule has 1 unspecified atom stereocenters. The van der Waals surface area contributed by atoms with Crippen molar-refractivity contribution in [2.75, 3.05) is 25.2 Å². The number of hydrogen-bond donors (Lipinski definition) is 2. The summed E-state index contributed by atoms with van der Waals surface area (Å²) in [7, 11) is 1.40. The predicted molar refractivity (Wildman–Crippen MR) is 229 cm³/mol. The number of carbonyl (C=O) groups excluding carboxylic acids is 1. The van der Waals surface area contributed by atoms with Crippen molar-refractivity contribution in [3.8, 4) is 22.1 Å². The minimum absolute atomic E-state index is 0.0266. The Morgan fingerprint density at radius 1 is 1.00 bits per heavy atom. The van der Waals surface area contributed by atoms with Crippen LogP contribution in [0.3, 0.4) is 0 Å². The molecule has 1 atom stereocenters. The van der Waals surface area contributed by atoms with Gasteiger partial charge in [-0.05, 0) is 95.1 Å². The number of fused-ring (bicyclic) bond motifs is 1. The van der Waals surface area contributed by atoms with Crippen molar-refractivity contribution in [1.82, 2.24) is 15.2 Å². The van der Waals surface area contributed by atoms with Gasteiger partial charge in [-0.3, -0.25) is 4.79 Å². The molecule has 12 heteroatoms. The summed E-state index contributed by atoms with van der Waals surface area (Å²) in [5.74, 6) is 0.924. The highest BCUT2D eigenvalue weighted by Gasteiger charge is 2.34. The lowest BCUT2D eigenvalue weighted by atomic mass is 9.76. The van der Waals surface area contributed by atoms with Gasteiger partial charge in [0.15, 0.2) is 16.6 Å². The standard InChI is InChI=1S/C35H38BrF2N3O2S2.C5H10O2.C3H8/c1-5-22-8-6-9-23(18-22)35(4,14-7-13-34(2,3)21-44-17-16-42)33-41-40-32(45-33)26-19-24(10-11-27(26)37)43-31-28(38)20-29-25(30(31)36)12-15-39-29;1-3-4-5(6)7-2;1-3-2/h6,8-12,15,18-20,39,42H,5,7,13-14,16-17,21H2,1-4H3;3-4H2,1-2H3;3H2,1-2H3. The van der Waals surface area contributed by atoms with E-state index in [1.165, 1.54) is 48.6 Å². The Kier molecular flexibility index (Phi) is 18.8. The van der Waals surface area contributed by atoms with Crippen molar-refractivity contribution in [2.45, 2.75) is 98.8 Å². The monoisotopic (exact) mass is 859 g/mol. The van der Waals surface area contributed by atoms with E-state index in [4.69, 9.17) is 4.74 Å². The number of aliphatic hydroxyl groups is 1. The minimum atomic E-state index is -0.541. The number of aromatic nitrogens is 3. The molecular weight excluding hydrogens is 805 g/mol. The molecule has 2 aromatic heterocycles. The Morgan fingerprint density at radius 3 is 2.40 bits per heavy atom. The van der Waals surface area contributed by atoms with Crippen molar-refractivity contribution in [3.63, 3.8) is 0 Å². The summed E-state index contributed by atoms with van der Waals surface area (Å²) in [5, 5.41) is 20.3. The zero-order valence-electron chi connectivity index (χ0n) is 33.4. The molecule has 0 spiro atoms. The lowest BCUT2D eigenvalue weighted by Gasteiger charge is -2.31. The second kappa shape index (κ2) is 22.4. The number of rotatable bonds is 16. The number of thioether (sulfide) groups is 1. The number of aliphatic hydroxyl groups excluding tert-OH is 1. The maximum Gasteiger partial charge on any atom is 0.305 e. The number of carbonyl (C=O) groups is 1. The number of ether oxygens (including phenoxy) is 2. The SMILES string of the molecule is CCC.CCCC(=O)OC.CCc1cccc(C(C)(CCCC(C)(C)CSCCO)c2nnc(-c3cc(Oc4c(F)cc5[nH]ccc5c4Br)ccc3F)s2)c1. The van der Waals surface area contributed by atoms with Crippen LogP contribution in [0.25, 0.3) is 21.5 Å². The first-order chi connectivity index (χ1) is 26.3. The van der Waals surface area contributed by atoms with Crippen LogP contribution in [0.4, 0.5) is 8.78 Å². The number of nitrogens with one attached hydrogen (secondary N) is 1. The van der Waals surface area contributed by atoms with Gasteiger partial charge in [0, 0.05) is 40.8 Å². The third kappa shape index (κ3) is 13.1. The fraction of sp³-hybridized carbons (Fsp3) is 0.465. The number of methoxy groups -OCH3 is 1. The highest BCUT2D eigenvalue weighted by atomic mass is 79.9. The van der Waals surface area contributed by atoms with Gasteiger partial charge in [-0.15, -0.1) is 10.2 Å². The van der Waals surface area contributed by atoms with Crippen LogP contribution in [0.15, 0.2) is 65.3 Å². The zero-order valence-corrected chi connectivity index (χ0v) is 36.6. The first-order valence-corrected chi connectivity index (χ1v) is 21.6. The Morgan fingerprint density at radius 2 is 1.75 bits per heavy atom. The molecule has 0 aliphatic rings. The van der Waals surface area contributed by atoms with Gasteiger partial charge in [-0.2, -0.15) is 11.8 Å². The van der Waals surface area contributed by atoms with Crippen molar-refractivity contribution in [1.29, 1.82) is 0 Å². The van der Waals surface area contributed by atoms with Crippen molar-refractivity contribution in [2.24, 2.45) is 5.41 Å². The maximum absolute atomic E-state index is 15.3. The molecule has 2 heterocycles. The lowest BCUT2D eigenvalue weighted by molar-refractivity contribution is -0.140. The van der Waals surface area contributed by atoms with Gasteiger partial charge in [0.1, 0.15) is 16.6 Å². The normalized spacial score (nSPS) is 12.3. The number of benzene rings is 3. The molecule has 5 aromatic rings. The molecule has 3 aromatic carbocycles. The molecule has 7 nitrogen and oxygen atoms in total. The lowest BCUT2D eigenvalue weighted by Crippen LogP contribution is -2.25. The van der Waals surface area contributed by atoms with Crippen LogP contribution in [0.2, 0.25) is 0 Å². The molecule has 0 amide bonds. The quantitative estimate of drug-likeness (QED) is 0.0753. The molecule has 300 valence electrons. The fourth-order valence-corrected chi connectivity index (χ4v) is 8.48. The van der Waals surface area contributed by atoms with E-state index < -0.39 is 17.0 Å². The molecule has 0 saturated heterocycles. The predicted octanol–water partition coefficient (Wildman–Crippen LogP) is 12.7. The summed E-state index contributed by atoms with van der Waals surface area (Å²) < 4.78 is 41.0. The van der Waals surface area contributed by atoms with Gasteiger partial charge < -0.3 is 19.6 Å². The van der Waals surface area contributed by atoms with Gasteiger partial charge in [0.05, 0.1) is 23.8 Å².